The summed E-state index contributed by atoms with van der Waals surface area (Å²) in [6.07, 6.45) is 0.158. The van der Waals surface area contributed by atoms with Gasteiger partial charge in [-0.25, -0.2) is 0 Å². The number of thioether (sulfide) groups is 1. The van der Waals surface area contributed by atoms with E-state index in [2.05, 4.69) is 0 Å². The van der Waals surface area contributed by atoms with Gasteiger partial charge in [-0.1, -0.05) is 12.1 Å². The summed E-state index contributed by atoms with van der Waals surface area (Å²) < 4.78 is 11.1. The molecular weight excluding hydrogens is 252 g/mol. The van der Waals surface area contributed by atoms with E-state index in [1.54, 1.807) is 32.2 Å². The average molecular weight is 268 g/mol. The zero-order chi connectivity index (χ0) is 13.1. The van der Waals surface area contributed by atoms with Crippen LogP contribution in [0.15, 0.2) is 18.2 Å². The number of hydrogen-bond acceptors (Lipinski definition) is 4. The van der Waals surface area contributed by atoms with Crippen LogP contribution in [0.1, 0.15) is 18.4 Å². The van der Waals surface area contributed by atoms with Crippen LogP contribution < -0.4 is 9.47 Å². The Labute approximate surface area is 110 Å². The molecule has 1 aliphatic rings. The number of rotatable bonds is 5. The van der Waals surface area contributed by atoms with Gasteiger partial charge in [-0.15, -0.1) is 0 Å². The predicted molar refractivity (Wildman–Crippen MR) is 70.8 cm³/mol. The van der Waals surface area contributed by atoms with Crippen LogP contribution in [0.5, 0.6) is 11.5 Å². The number of carboxylic acids is 1. The van der Waals surface area contributed by atoms with Crippen LogP contribution in [-0.2, 0) is 4.79 Å². The van der Waals surface area contributed by atoms with Gasteiger partial charge in [0.25, 0.3) is 0 Å². The third-order valence-electron chi connectivity index (χ3n) is 2.96. The zero-order valence-corrected chi connectivity index (χ0v) is 11.2. The van der Waals surface area contributed by atoms with Gasteiger partial charge in [0.15, 0.2) is 11.5 Å². The Morgan fingerprint density at radius 3 is 2.72 bits per heavy atom. The Morgan fingerprint density at radius 2 is 2.22 bits per heavy atom. The summed E-state index contributed by atoms with van der Waals surface area (Å²) in [5, 5.41) is 9.13. The molecule has 1 aliphatic heterocycles. The Balaban J connectivity index is 2.33. The van der Waals surface area contributed by atoms with E-state index in [0.29, 0.717) is 17.1 Å². The summed E-state index contributed by atoms with van der Waals surface area (Å²) in [4.78, 5) is 11.1. The van der Waals surface area contributed by atoms with Gasteiger partial charge in [-0.2, -0.15) is 11.8 Å². The number of ether oxygens (including phenoxy) is 2. The van der Waals surface area contributed by atoms with Crippen LogP contribution in [0.4, 0.5) is 0 Å². The van der Waals surface area contributed by atoms with Gasteiger partial charge < -0.3 is 14.6 Å². The molecule has 2 rings (SSSR count). The highest BCUT2D eigenvalue weighted by Crippen LogP contribution is 2.38. The Kier molecular flexibility index (Phi) is 4.01. The number of hydrogen-bond donors (Lipinski definition) is 1. The highest BCUT2D eigenvalue weighted by Gasteiger charge is 2.26. The minimum Gasteiger partial charge on any atom is -0.493 e. The van der Waals surface area contributed by atoms with Crippen LogP contribution in [0, 0.1) is 0 Å². The van der Waals surface area contributed by atoms with E-state index in [4.69, 9.17) is 14.6 Å². The van der Waals surface area contributed by atoms with E-state index >= 15 is 0 Å². The van der Waals surface area contributed by atoms with Crippen LogP contribution in [0.3, 0.4) is 0 Å². The Hall–Kier alpha value is -1.36. The first-order chi connectivity index (χ1) is 8.63. The predicted octanol–water partition coefficient (Wildman–Crippen LogP) is 2.38. The zero-order valence-electron chi connectivity index (χ0n) is 10.4. The molecule has 1 heterocycles. The van der Waals surface area contributed by atoms with E-state index < -0.39 is 11.9 Å². The molecule has 1 N–H and O–H groups in total. The standard InChI is InChI=1S/C13H16O4S/c1-8(13(14)15)10-4-3-5-11(16-2)12(10)17-9-6-18-7-9/h3-5,8-9H,6-7H2,1-2H3,(H,14,15). The van der Waals surface area contributed by atoms with Crippen LogP contribution >= 0.6 is 11.8 Å². The molecule has 5 heteroatoms. The van der Waals surface area contributed by atoms with E-state index in [1.807, 2.05) is 11.8 Å². The minimum atomic E-state index is -0.865. The fourth-order valence-electron chi connectivity index (χ4n) is 1.74. The number of aliphatic carboxylic acids is 1. The molecule has 0 radical (unpaired) electrons. The van der Waals surface area contributed by atoms with E-state index in [0.717, 1.165) is 11.5 Å². The van der Waals surface area contributed by atoms with E-state index in [9.17, 15) is 4.79 Å². The maximum absolute atomic E-state index is 11.1. The molecule has 1 fully saturated rings. The minimum absolute atomic E-state index is 0.158. The molecule has 18 heavy (non-hydrogen) atoms. The number of benzene rings is 1. The fourth-order valence-corrected chi connectivity index (χ4v) is 2.31. The number of methoxy groups -OCH3 is 1. The Bertz CT molecular complexity index is 443. The molecule has 1 saturated heterocycles. The van der Waals surface area contributed by atoms with E-state index in [1.165, 1.54) is 0 Å². The SMILES string of the molecule is COc1cccc(C(C)C(=O)O)c1OC1CSC1. The van der Waals surface area contributed by atoms with Crippen molar-refractivity contribution in [2.75, 3.05) is 18.6 Å². The molecule has 0 amide bonds. The van der Waals surface area contributed by atoms with Gasteiger partial charge in [-0.3, -0.25) is 4.79 Å². The summed E-state index contributed by atoms with van der Waals surface area (Å²) in [6.45, 7) is 1.65. The molecule has 4 nitrogen and oxygen atoms in total. The van der Waals surface area contributed by atoms with Crippen LogP contribution in [0.2, 0.25) is 0 Å². The summed E-state index contributed by atoms with van der Waals surface area (Å²) in [6, 6.07) is 5.36. The lowest BCUT2D eigenvalue weighted by Crippen LogP contribution is -2.31. The second-order valence-electron chi connectivity index (χ2n) is 4.22. The summed E-state index contributed by atoms with van der Waals surface area (Å²) in [7, 11) is 1.56. The molecule has 98 valence electrons. The first kappa shape index (κ1) is 13.1. The molecule has 1 aromatic rings. The first-order valence-corrected chi connectivity index (χ1v) is 6.93. The smallest absolute Gasteiger partial charge is 0.310 e. The maximum Gasteiger partial charge on any atom is 0.310 e. The molecule has 0 saturated carbocycles. The van der Waals surface area contributed by atoms with Crippen molar-refractivity contribution in [1.29, 1.82) is 0 Å². The van der Waals surface area contributed by atoms with Crippen molar-refractivity contribution < 1.29 is 19.4 Å². The highest BCUT2D eigenvalue weighted by molar-refractivity contribution is 8.00. The second-order valence-corrected chi connectivity index (χ2v) is 5.29. The lowest BCUT2D eigenvalue weighted by molar-refractivity contribution is -0.138. The molecule has 0 aliphatic carbocycles. The average Bonchev–Trinajstić information content (AvgIpc) is 2.32. The summed E-state index contributed by atoms with van der Waals surface area (Å²) in [5.41, 5.74) is 0.666. The van der Waals surface area contributed by atoms with Crippen molar-refractivity contribution in [3.63, 3.8) is 0 Å². The van der Waals surface area contributed by atoms with Gasteiger partial charge in [0.1, 0.15) is 6.10 Å². The van der Waals surface area contributed by atoms with Crippen molar-refractivity contribution in [2.24, 2.45) is 0 Å². The fraction of sp³-hybridized carbons (Fsp3) is 0.462. The summed E-state index contributed by atoms with van der Waals surface area (Å²) >= 11 is 1.82. The second kappa shape index (κ2) is 5.52. The van der Waals surface area contributed by atoms with E-state index in [-0.39, 0.29) is 6.10 Å². The molecule has 0 aromatic heterocycles. The molecule has 0 bridgehead atoms. The quantitative estimate of drug-likeness (QED) is 0.888. The highest BCUT2D eigenvalue weighted by atomic mass is 32.2. The van der Waals surface area contributed by atoms with Gasteiger partial charge in [0.05, 0.1) is 13.0 Å². The van der Waals surface area contributed by atoms with Gasteiger partial charge in [0.2, 0.25) is 0 Å². The number of carboxylic acid groups (broad SMARTS) is 1. The van der Waals surface area contributed by atoms with Crippen molar-refractivity contribution >= 4 is 17.7 Å². The topological polar surface area (TPSA) is 55.8 Å². The first-order valence-electron chi connectivity index (χ1n) is 5.77. The number of para-hydroxylation sites is 1. The molecule has 1 atom stereocenters. The van der Waals surface area contributed by atoms with Gasteiger partial charge >= 0.3 is 5.97 Å². The molecular formula is C13H16O4S. The normalized spacial score (nSPS) is 16.8. The monoisotopic (exact) mass is 268 g/mol. The van der Waals surface area contributed by atoms with Crippen LogP contribution in [0.25, 0.3) is 0 Å². The molecule has 0 spiro atoms. The maximum atomic E-state index is 11.1. The number of carbonyl (C=O) groups is 1. The third-order valence-corrected chi connectivity index (χ3v) is 4.17. The largest absolute Gasteiger partial charge is 0.493 e. The van der Waals surface area contributed by atoms with Crippen molar-refractivity contribution in [3.05, 3.63) is 23.8 Å². The third kappa shape index (κ3) is 2.56. The summed E-state index contributed by atoms with van der Waals surface area (Å²) in [5.74, 6) is 1.58. The lowest BCUT2D eigenvalue weighted by atomic mass is 10.00. The van der Waals surface area contributed by atoms with Crippen molar-refractivity contribution in [2.45, 2.75) is 18.9 Å². The molecule has 1 aromatic carbocycles. The lowest BCUT2D eigenvalue weighted by Gasteiger charge is -2.28. The van der Waals surface area contributed by atoms with Crippen molar-refractivity contribution in [3.8, 4) is 11.5 Å². The molecule has 1 unspecified atom stereocenters. The van der Waals surface area contributed by atoms with Gasteiger partial charge in [0, 0.05) is 17.1 Å². The van der Waals surface area contributed by atoms with Crippen LogP contribution in [-0.4, -0.2) is 35.8 Å². The van der Waals surface area contributed by atoms with Gasteiger partial charge in [-0.05, 0) is 13.0 Å². The Morgan fingerprint density at radius 1 is 1.50 bits per heavy atom. The van der Waals surface area contributed by atoms with Crippen molar-refractivity contribution in [1.82, 2.24) is 0 Å².